The number of anilines is 1. The van der Waals surface area contributed by atoms with Crippen LogP contribution in [0.15, 0.2) is 71.2 Å². The van der Waals surface area contributed by atoms with Crippen LogP contribution in [-0.2, 0) is 9.59 Å². The molecule has 0 saturated carbocycles. The number of carbonyl (C=O) groups is 2. The Bertz CT molecular complexity index is 960. The number of ether oxygens (including phenoxy) is 1. The maximum atomic E-state index is 12.2. The van der Waals surface area contributed by atoms with Crippen molar-refractivity contribution >= 4 is 44.2 Å². The lowest BCUT2D eigenvalue weighted by molar-refractivity contribution is -0.135. The van der Waals surface area contributed by atoms with Gasteiger partial charge in [0.1, 0.15) is 5.75 Å². The lowest BCUT2D eigenvalue weighted by atomic mass is 10.1. The van der Waals surface area contributed by atoms with Crippen molar-refractivity contribution in [1.82, 2.24) is 4.90 Å². The van der Waals surface area contributed by atoms with Crippen LogP contribution >= 0.6 is 15.9 Å². The van der Waals surface area contributed by atoms with E-state index < -0.39 is 0 Å². The largest absolute Gasteiger partial charge is 0.484 e. The number of para-hydroxylation sites is 1. The van der Waals surface area contributed by atoms with E-state index in [2.05, 4.69) is 21.2 Å². The summed E-state index contributed by atoms with van der Waals surface area (Å²) in [7, 11) is 1.58. The fourth-order valence-corrected chi connectivity index (χ4v) is 2.94. The van der Waals surface area contributed by atoms with Crippen molar-refractivity contribution in [2.24, 2.45) is 0 Å². The lowest BCUT2D eigenvalue weighted by Crippen LogP contribution is -2.37. The van der Waals surface area contributed by atoms with Gasteiger partial charge in [-0.1, -0.05) is 46.3 Å². The Labute approximate surface area is 166 Å². The molecule has 3 aromatic carbocycles. The van der Waals surface area contributed by atoms with Gasteiger partial charge in [-0.05, 0) is 47.2 Å². The number of rotatable bonds is 6. The first-order valence-electron chi connectivity index (χ1n) is 8.42. The third-order valence-electron chi connectivity index (χ3n) is 4.00. The van der Waals surface area contributed by atoms with Gasteiger partial charge in [0.25, 0.3) is 5.91 Å². The number of nitrogens with one attached hydrogen (secondary N) is 1. The molecule has 6 heteroatoms. The number of hydrogen-bond donors (Lipinski definition) is 1. The first kappa shape index (κ1) is 18.9. The van der Waals surface area contributed by atoms with Crippen LogP contribution in [0.1, 0.15) is 0 Å². The van der Waals surface area contributed by atoms with Gasteiger partial charge in [-0.3, -0.25) is 9.59 Å². The normalized spacial score (nSPS) is 10.4. The van der Waals surface area contributed by atoms with Crippen LogP contribution in [0.3, 0.4) is 0 Å². The molecule has 0 unspecified atom stereocenters. The molecule has 0 atom stereocenters. The van der Waals surface area contributed by atoms with E-state index in [1.807, 2.05) is 54.6 Å². The highest BCUT2D eigenvalue weighted by molar-refractivity contribution is 9.10. The number of hydrogen-bond acceptors (Lipinski definition) is 3. The number of benzene rings is 3. The van der Waals surface area contributed by atoms with E-state index in [1.54, 1.807) is 19.2 Å². The number of amides is 2. The van der Waals surface area contributed by atoms with Crippen LogP contribution < -0.4 is 10.1 Å². The van der Waals surface area contributed by atoms with Gasteiger partial charge in [0.2, 0.25) is 5.91 Å². The van der Waals surface area contributed by atoms with Crippen molar-refractivity contribution in [3.63, 3.8) is 0 Å². The summed E-state index contributed by atoms with van der Waals surface area (Å²) in [6.07, 6.45) is 0. The monoisotopic (exact) mass is 426 g/mol. The summed E-state index contributed by atoms with van der Waals surface area (Å²) < 4.78 is 6.60. The zero-order valence-corrected chi connectivity index (χ0v) is 16.4. The van der Waals surface area contributed by atoms with E-state index in [0.29, 0.717) is 11.4 Å². The van der Waals surface area contributed by atoms with Gasteiger partial charge in [0, 0.05) is 17.2 Å². The van der Waals surface area contributed by atoms with Crippen LogP contribution in [-0.4, -0.2) is 36.9 Å². The molecule has 0 bridgehead atoms. The van der Waals surface area contributed by atoms with Gasteiger partial charge >= 0.3 is 0 Å². The van der Waals surface area contributed by atoms with Gasteiger partial charge in [-0.25, -0.2) is 0 Å². The first-order chi connectivity index (χ1) is 13.0. The molecule has 0 saturated heterocycles. The standard InChI is InChI=1S/C21H19BrN2O3/c1-24(13-20(25)23-18-5-3-2-4-6-18)21(26)14-27-19-10-8-15-11-17(22)9-7-16(15)12-19/h2-12H,13-14H2,1H3,(H,23,25). The minimum Gasteiger partial charge on any atom is -0.484 e. The Morgan fingerprint density at radius 2 is 1.70 bits per heavy atom. The predicted molar refractivity (Wildman–Crippen MR) is 110 cm³/mol. The summed E-state index contributed by atoms with van der Waals surface area (Å²) in [4.78, 5) is 25.6. The second-order valence-corrected chi connectivity index (χ2v) is 7.02. The molecule has 0 fully saturated rings. The molecule has 27 heavy (non-hydrogen) atoms. The van der Waals surface area contributed by atoms with Gasteiger partial charge in [0.05, 0.1) is 6.54 Å². The molecular formula is C21H19BrN2O3. The van der Waals surface area contributed by atoms with E-state index in [9.17, 15) is 9.59 Å². The topological polar surface area (TPSA) is 58.6 Å². The van der Waals surface area contributed by atoms with Crippen molar-refractivity contribution in [3.8, 4) is 5.75 Å². The molecule has 2 amide bonds. The van der Waals surface area contributed by atoms with Gasteiger partial charge < -0.3 is 15.0 Å². The smallest absolute Gasteiger partial charge is 0.260 e. The second-order valence-electron chi connectivity index (χ2n) is 6.11. The number of halogens is 1. The second kappa shape index (κ2) is 8.68. The summed E-state index contributed by atoms with van der Waals surface area (Å²) in [5, 5.41) is 4.86. The molecule has 0 heterocycles. The zero-order valence-electron chi connectivity index (χ0n) is 14.8. The zero-order chi connectivity index (χ0) is 19.2. The number of fused-ring (bicyclic) bond motifs is 1. The molecule has 0 radical (unpaired) electrons. The SMILES string of the molecule is CN(CC(=O)Nc1ccccc1)C(=O)COc1ccc2cc(Br)ccc2c1. The van der Waals surface area contributed by atoms with Gasteiger partial charge in [0.15, 0.2) is 6.61 Å². The molecule has 3 rings (SSSR count). The Morgan fingerprint density at radius 1 is 1.00 bits per heavy atom. The quantitative estimate of drug-likeness (QED) is 0.645. The summed E-state index contributed by atoms with van der Waals surface area (Å²) in [6, 6.07) is 20.7. The van der Waals surface area contributed by atoms with Crippen molar-refractivity contribution in [1.29, 1.82) is 0 Å². The molecule has 1 N–H and O–H groups in total. The van der Waals surface area contributed by atoms with Crippen molar-refractivity contribution in [2.75, 3.05) is 25.5 Å². The average molecular weight is 427 g/mol. The molecule has 3 aromatic rings. The third-order valence-corrected chi connectivity index (χ3v) is 4.49. The first-order valence-corrected chi connectivity index (χ1v) is 9.21. The van der Waals surface area contributed by atoms with Crippen LogP contribution in [0.25, 0.3) is 10.8 Å². The molecule has 0 aliphatic carbocycles. The minimum absolute atomic E-state index is 0.0389. The van der Waals surface area contributed by atoms with Crippen molar-refractivity contribution in [2.45, 2.75) is 0 Å². The van der Waals surface area contributed by atoms with Gasteiger partial charge in [-0.2, -0.15) is 0 Å². The van der Waals surface area contributed by atoms with E-state index in [1.165, 1.54) is 4.90 Å². The van der Waals surface area contributed by atoms with Crippen molar-refractivity contribution in [3.05, 3.63) is 71.2 Å². The molecule has 5 nitrogen and oxygen atoms in total. The van der Waals surface area contributed by atoms with Crippen LogP contribution in [0.4, 0.5) is 5.69 Å². The van der Waals surface area contributed by atoms with E-state index in [-0.39, 0.29) is 25.0 Å². The Kier molecular flexibility index (Phi) is 6.08. The maximum absolute atomic E-state index is 12.2. The fraction of sp³-hybridized carbons (Fsp3) is 0.143. The summed E-state index contributed by atoms with van der Waals surface area (Å²) in [5.74, 6) is 0.0859. The number of nitrogens with zero attached hydrogens (tertiary/aromatic N) is 1. The lowest BCUT2D eigenvalue weighted by Gasteiger charge is -2.17. The minimum atomic E-state index is -0.269. The molecule has 138 valence electrons. The number of carbonyl (C=O) groups excluding carboxylic acids is 2. The van der Waals surface area contributed by atoms with Gasteiger partial charge in [-0.15, -0.1) is 0 Å². The maximum Gasteiger partial charge on any atom is 0.260 e. The Hall–Kier alpha value is -2.86. The van der Waals surface area contributed by atoms with Crippen molar-refractivity contribution < 1.29 is 14.3 Å². The third kappa shape index (κ3) is 5.31. The Morgan fingerprint density at radius 3 is 2.48 bits per heavy atom. The van der Waals surface area contributed by atoms with E-state index >= 15 is 0 Å². The molecule has 0 aliphatic rings. The van der Waals surface area contributed by atoms with Crippen LogP contribution in [0.5, 0.6) is 5.75 Å². The highest BCUT2D eigenvalue weighted by Gasteiger charge is 2.14. The highest BCUT2D eigenvalue weighted by Crippen LogP contribution is 2.24. The highest BCUT2D eigenvalue weighted by atomic mass is 79.9. The average Bonchev–Trinajstić information content (AvgIpc) is 2.66. The molecule has 0 aliphatic heterocycles. The van der Waals surface area contributed by atoms with E-state index in [4.69, 9.17) is 4.74 Å². The molecule has 0 aromatic heterocycles. The summed E-state index contributed by atoms with van der Waals surface area (Å²) in [5.41, 5.74) is 0.697. The Balaban J connectivity index is 1.52. The summed E-state index contributed by atoms with van der Waals surface area (Å²) >= 11 is 3.44. The van der Waals surface area contributed by atoms with E-state index in [0.717, 1.165) is 15.2 Å². The number of likely N-dealkylation sites (N-methyl/N-ethyl adjacent to an activating group) is 1. The molecule has 0 spiro atoms. The predicted octanol–water partition coefficient (Wildman–Crippen LogP) is 4.08. The summed E-state index contributed by atoms with van der Waals surface area (Å²) in [6.45, 7) is -0.167. The fourth-order valence-electron chi connectivity index (χ4n) is 2.57. The van der Waals surface area contributed by atoms with Crippen LogP contribution in [0, 0.1) is 0 Å². The van der Waals surface area contributed by atoms with Crippen LogP contribution in [0.2, 0.25) is 0 Å². The molecular weight excluding hydrogens is 408 g/mol.